The Hall–Kier alpha value is -1.81. The molecule has 0 saturated carbocycles. The summed E-state index contributed by atoms with van der Waals surface area (Å²) in [6.45, 7) is 0. The average Bonchev–Trinajstić information content (AvgIpc) is 2.53. The molecule has 0 bridgehead atoms. The van der Waals surface area contributed by atoms with Crippen LogP contribution in [0.5, 0.6) is 5.75 Å². The average molecular weight is 334 g/mol. The number of halogens is 1. The lowest BCUT2D eigenvalue weighted by molar-refractivity contribution is 0.0993. The number of carbonyl (C=O) groups is 1. The molecule has 0 atom stereocenters. The highest BCUT2D eigenvalue weighted by molar-refractivity contribution is 9.08. The first kappa shape index (κ1) is 14.6. The van der Waals surface area contributed by atoms with E-state index in [2.05, 4.69) is 15.9 Å². The molecule has 0 spiro atoms. The van der Waals surface area contributed by atoms with Crippen LogP contribution >= 0.6 is 15.9 Å². The molecular weight excluding hydrogens is 318 g/mol. The van der Waals surface area contributed by atoms with Crippen molar-refractivity contribution < 1.29 is 9.53 Å². The van der Waals surface area contributed by atoms with Gasteiger partial charge in [-0.25, -0.2) is 0 Å². The van der Waals surface area contributed by atoms with Gasteiger partial charge in [0.05, 0.1) is 7.11 Å². The van der Waals surface area contributed by atoms with Crippen LogP contribution in [-0.2, 0) is 5.33 Å². The van der Waals surface area contributed by atoms with E-state index in [1.165, 1.54) is 0 Å². The van der Waals surface area contributed by atoms with Crippen LogP contribution in [0.3, 0.4) is 0 Å². The van der Waals surface area contributed by atoms with Gasteiger partial charge in [0.15, 0.2) is 0 Å². The summed E-state index contributed by atoms with van der Waals surface area (Å²) >= 11 is 3.39. The highest BCUT2D eigenvalue weighted by atomic mass is 79.9. The third kappa shape index (κ3) is 3.20. The number of methoxy groups -OCH3 is 1. The van der Waals surface area contributed by atoms with E-state index in [1.54, 1.807) is 19.1 Å². The van der Waals surface area contributed by atoms with E-state index in [4.69, 9.17) is 4.74 Å². The molecule has 0 saturated heterocycles. The second kappa shape index (κ2) is 6.57. The van der Waals surface area contributed by atoms with Crippen molar-refractivity contribution in [3.8, 4) is 5.75 Å². The lowest BCUT2D eigenvalue weighted by atomic mass is 10.1. The number of ether oxygens (including phenoxy) is 1. The van der Waals surface area contributed by atoms with Gasteiger partial charge < -0.3 is 9.64 Å². The minimum absolute atomic E-state index is 0.0312. The van der Waals surface area contributed by atoms with Crippen LogP contribution in [0.2, 0.25) is 0 Å². The summed E-state index contributed by atoms with van der Waals surface area (Å²) in [7, 11) is 3.39. The van der Waals surface area contributed by atoms with Gasteiger partial charge in [-0.1, -0.05) is 28.1 Å². The topological polar surface area (TPSA) is 29.5 Å². The first-order valence-electron chi connectivity index (χ1n) is 6.22. The maximum atomic E-state index is 12.4. The van der Waals surface area contributed by atoms with Gasteiger partial charge in [0.2, 0.25) is 0 Å². The molecule has 0 unspecified atom stereocenters. The number of carbonyl (C=O) groups excluding carboxylic acids is 1. The molecule has 0 aliphatic carbocycles. The Morgan fingerprint density at radius 2 is 1.70 bits per heavy atom. The highest BCUT2D eigenvalue weighted by Gasteiger charge is 2.13. The van der Waals surface area contributed by atoms with Crippen molar-refractivity contribution in [1.29, 1.82) is 0 Å². The maximum Gasteiger partial charge on any atom is 0.258 e. The van der Waals surface area contributed by atoms with Gasteiger partial charge in [-0.3, -0.25) is 4.79 Å². The van der Waals surface area contributed by atoms with Crippen molar-refractivity contribution in [2.45, 2.75) is 5.33 Å². The minimum Gasteiger partial charge on any atom is -0.497 e. The van der Waals surface area contributed by atoms with Gasteiger partial charge in [0.25, 0.3) is 5.91 Å². The molecule has 2 rings (SSSR count). The zero-order valence-corrected chi connectivity index (χ0v) is 13.1. The van der Waals surface area contributed by atoms with Gasteiger partial charge in [-0.05, 0) is 42.0 Å². The van der Waals surface area contributed by atoms with Crippen LogP contribution < -0.4 is 9.64 Å². The van der Waals surface area contributed by atoms with E-state index in [0.29, 0.717) is 5.56 Å². The van der Waals surface area contributed by atoms with Gasteiger partial charge in [-0.2, -0.15) is 0 Å². The molecule has 0 N–H and O–H groups in total. The Bertz CT molecular complexity index is 578. The standard InChI is InChI=1S/C16H16BrNO2/c1-18(14-7-9-15(20-2)10-8-14)16(19)13-5-3-12(11-17)4-6-13/h3-10H,11H2,1-2H3. The number of rotatable bonds is 4. The number of hydrogen-bond donors (Lipinski definition) is 0. The second-order valence-corrected chi connectivity index (χ2v) is 4.95. The van der Waals surface area contributed by atoms with Crippen molar-refractivity contribution >= 4 is 27.5 Å². The molecular formula is C16H16BrNO2. The Morgan fingerprint density at radius 1 is 1.10 bits per heavy atom. The summed E-state index contributed by atoms with van der Waals surface area (Å²) in [4.78, 5) is 14.0. The van der Waals surface area contributed by atoms with E-state index in [1.807, 2.05) is 48.5 Å². The molecule has 104 valence electrons. The van der Waals surface area contributed by atoms with E-state index >= 15 is 0 Å². The van der Waals surface area contributed by atoms with E-state index in [9.17, 15) is 4.79 Å². The lowest BCUT2D eigenvalue weighted by Crippen LogP contribution is -2.26. The highest BCUT2D eigenvalue weighted by Crippen LogP contribution is 2.20. The van der Waals surface area contributed by atoms with Gasteiger partial charge in [-0.15, -0.1) is 0 Å². The maximum absolute atomic E-state index is 12.4. The van der Waals surface area contributed by atoms with Crippen LogP contribution in [-0.4, -0.2) is 20.1 Å². The zero-order valence-electron chi connectivity index (χ0n) is 11.5. The van der Waals surface area contributed by atoms with Gasteiger partial charge >= 0.3 is 0 Å². The minimum atomic E-state index is -0.0312. The Labute approximate surface area is 127 Å². The number of anilines is 1. The first-order chi connectivity index (χ1) is 9.65. The summed E-state index contributed by atoms with van der Waals surface area (Å²) in [6.07, 6.45) is 0. The zero-order chi connectivity index (χ0) is 14.5. The summed E-state index contributed by atoms with van der Waals surface area (Å²) in [6, 6.07) is 15.0. The molecule has 2 aromatic rings. The fraction of sp³-hybridized carbons (Fsp3) is 0.188. The van der Waals surface area contributed by atoms with E-state index in [-0.39, 0.29) is 5.91 Å². The summed E-state index contributed by atoms with van der Waals surface area (Å²) in [5.74, 6) is 0.743. The molecule has 0 aliphatic rings. The van der Waals surface area contributed by atoms with Crippen molar-refractivity contribution in [3.05, 3.63) is 59.7 Å². The molecule has 20 heavy (non-hydrogen) atoms. The third-order valence-electron chi connectivity index (χ3n) is 3.12. The summed E-state index contributed by atoms with van der Waals surface area (Å²) in [5.41, 5.74) is 2.65. The predicted octanol–water partition coefficient (Wildman–Crippen LogP) is 3.87. The van der Waals surface area contributed by atoms with Crippen LogP contribution in [0.1, 0.15) is 15.9 Å². The number of benzene rings is 2. The first-order valence-corrected chi connectivity index (χ1v) is 7.35. The molecule has 0 aliphatic heterocycles. The van der Waals surface area contributed by atoms with Crippen LogP contribution in [0.15, 0.2) is 48.5 Å². The monoisotopic (exact) mass is 333 g/mol. The smallest absolute Gasteiger partial charge is 0.258 e. The SMILES string of the molecule is COc1ccc(N(C)C(=O)c2ccc(CBr)cc2)cc1. The third-order valence-corrected chi connectivity index (χ3v) is 3.77. The number of nitrogens with zero attached hydrogens (tertiary/aromatic N) is 1. The van der Waals surface area contributed by atoms with E-state index < -0.39 is 0 Å². The molecule has 0 radical (unpaired) electrons. The Kier molecular flexibility index (Phi) is 4.79. The largest absolute Gasteiger partial charge is 0.497 e. The van der Waals surface area contributed by atoms with Crippen LogP contribution in [0.25, 0.3) is 0 Å². The fourth-order valence-corrected chi connectivity index (χ4v) is 2.23. The molecule has 4 heteroatoms. The predicted molar refractivity (Wildman–Crippen MR) is 84.8 cm³/mol. The molecule has 1 amide bonds. The normalized spacial score (nSPS) is 10.2. The van der Waals surface area contributed by atoms with Crippen LogP contribution in [0, 0.1) is 0 Å². The Morgan fingerprint density at radius 3 is 2.20 bits per heavy atom. The van der Waals surface area contributed by atoms with Crippen molar-refractivity contribution in [3.63, 3.8) is 0 Å². The number of amides is 1. The molecule has 3 nitrogen and oxygen atoms in total. The molecule has 2 aromatic carbocycles. The van der Waals surface area contributed by atoms with E-state index in [0.717, 1.165) is 22.3 Å². The van der Waals surface area contributed by atoms with Crippen molar-refractivity contribution in [1.82, 2.24) is 0 Å². The van der Waals surface area contributed by atoms with Gasteiger partial charge in [0.1, 0.15) is 5.75 Å². The Balaban J connectivity index is 2.17. The summed E-state index contributed by atoms with van der Waals surface area (Å²) < 4.78 is 5.11. The number of alkyl halides is 1. The molecule has 0 aromatic heterocycles. The molecule has 0 heterocycles. The van der Waals surface area contributed by atoms with Crippen molar-refractivity contribution in [2.75, 3.05) is 19.1 Å². The fourth-order valence-electron chi connectivity index (χ4n) is 1.85. The van der Waals surface area contributed by atoms with Gasteiger partial charge in [0, 0.05) is 23.6 Å². The second-order valence-electron chi connectivity index (χ2n) is 4.39. The van der Waals surface area contributed by atoms with Crippen molar-refractivity contribution in [2.24, 2.45) is 0 Å². The summed E-state index contributed by atoms with van der Waals surface area (Å²) in [5, 5.41) is 0.787. The lowest BCUT2D eigenvalue weighted by Gasteiger charge is -2.17. The van der Waals surface area contributed by atoms with Crippen LogP contribution in [0.4, 0.5) is 5.69 Å². The molecule has 0 fully saturated rings. The number of hydrogen-bond acceptors (Lipinski definition) is 2. The quantitative estimate of drug-likeness (QED) is 0.795.